The lowest BCUT2D eigenvalue weighted by molar-refractivity contribution is -0.116. The first-order chi connectivity index (χ1) is 14.7. The van der Waals surface area contributed by atoms with E-state index < -0.39 is 10.0 Å². The molecule has 0 fully saturated rings. The Bertz CT molecular complexity index is 1250. The maximum atomic E-state index is 13.3. The van der Waals surface area contributed by atoms with Crippen molar-refractivity contribution in [3.8, 4) is 5.69 Å². The minimum Gasteiger partial charge on any atom is -0.312 e. The molecule has 0 radical (unpaired) electrons. The molecule has 0 N–H and O–H groups in total. The van der Waals surface area contributed by atoms with E-state index in [-0.39, 0.29) is 17.3 Å². The molecule has 162 valence electrons. The van der Waals surface area contributed by atoms with Crippen LogP contribution in [-0.4, -0.2) is 42.0 Å². The molecule has 0 atom stereocenters. The number of fused-ring (bicyclic) bond motifs is 1. The highest BCUT2D eigenvalue weighted by molar-refractivity contribution is 7.89. The zero-order chi connectivity index (χ0) is 22.3. The Morgan fingerprint density at radius 2 is 1.84 bits per heavy atom. The van der Waals surface area contributed by atoms with Crippen LogP contribution in [0.1, 0.15) is 29.4 Å². The van der Waals surface area contributed by atoms with Crippen molar-refractivity contribution in [2.24, 2.45) is 0 Å². The van der Waals surface area contributed by atoms with Crippen LogP contribution in [0.4, 0.5) is 5.69 Å². The van der Waals surface area contributed by atoms with Gasteiger partial charge in [0.1, 0.15) is 0 Å². The molecule has 1 aromatic heterocycles. The molecule has 31 heavy (non-hydrogen) atoms. The van der Waals surface area contributed by atoms with Crippen LogP contribution >= 0.6 is 0 Å². The summed E-state index contributed by atoms with van der Waals surface area (Å²) in [6, 6.07) is 14.8. The maximum Gasteiger partial charge on any atom is 0.243 e. The number of aromatic nitrogens is 2. The molecule has 7 nitrogen and oxygen atoms in total. The molecule has 1 amide bonds. The van der Waals surface area contributed by atoms with Gasteiger partial charge in [0.15, 0.2) is 0 Å². The summed E-state index contributed by atoms with van der Waals surface area (Å²) in [5.41, 5.74) is 5.22. The van der Waals surface area contributed by atoms with Crippen LogP contribution in [0.3, 0.4) is 0 Å². The van der Waals surface area contributed by atoms with Gasteiger partial charge in [0.05, 0.1) is 16.3 Å². The molecule has 0 bridgehead atoms. The summed E-state index contributed by atoms with van der Waals surface area (Å²) in [4.78, 5) is 13.7. The molecule has 2 aromatic carbocycles. The van der Waals surface area contributed by atoms with Gasteiger partial charge in [-0.15, -0.1) is 0 Å². The van der Waals surface area contributed by atoms with Crippen LogP contribution in [0.15, 0.2) is 53.4 Å². The van der Waals surface area contributed by atoms with Gasteiger partial charge < -0.3 is 4.90 Å². The van der Waals surface area contributed by atoms with Crippen molar-refractivity contribution < 1.29 is 13.2 Å². The lowest BCUT2D eigenvalue weighted by Crippen LogP contribution is -2.27. The van der Waals surface area contributed by atoms with Gasteiger partial charge in [-0.05, 0) is 56.2 Å². The van der Waals surface area contributed by atoms with E-state index in [1.807, 2.05) is 48.9 Å². The maximum absolute atomic E-state index is 13.3. The predicted molar refractivity (Wildman–Crippen MR) is 120 cm³/mol. The predicted octanol–water partition coefficient (Wildman–Crippen LogP) is 3.22. The fourth-order valence-electron chi connectivity index (χ4n) is 4.08. The van der Waals surface area contributed by atoms with Crippen LogP contribution in [0, 0.1) is 13.8 Å². The van der Waals surface area contributed by atoms with Gasteiger partial charge in [-0.3, -0.25) is 4.79 Å². The molecular weight excluding hydrogens is 412 g/mol. The zero-order valence-electron chi connectivity index (χ0n) is 18.2. The zero-order valence-corrected chi connectivity index (χ0v) is 19.0. The average Bonchev–Trinajstić information content (AvgIpc) is 3.30. The highest BCUT2D eigenvalue weighted by Crippen LogP contribution is 2.31. The molecule has 8 heteroatoms. The molecule has 0 aliphatic carbocycles. The van der Waals surface area contributed by atoms with E-state index >= 15 is 0 Å². The molecule has 4 rings (SSSR count). The van der Waals surface area contributed by atoms with Crippen LogP contribution in [0.25, 0.3) is 5.69 Å². The van der Waals surface area contributed by atoms with Crippen LogP contribution < -0.4 is 4.90 Å². The standard InChI is InChI=1S/C23H26N4O3S/c1-16-22(17(2)27(24-16)20-8-6-5-7-9-20)15-25(4)31(29,30)21-10-11-23-19(14-21)12-13-26(23)18(3)28/h5-11,14H,12-13,15H2,1-4H3. The van der Waals surface area contributed by atoms with Gasteiger partial charge in [-0.25, -0.2) is 13.1 Å². The first-order valence-corrected chi connectivity index (χ1v) is 11.6. The molecule has 0 unspecified atom stereocenters. The summed E-state index contributed by atoms with van der Waals surface area (Å²) in [5, 5.41) is 4.62. The Labute approximate surface area is 183 Å². The minimum absolute atomic E-state index is 0.0344. The highest BCUT2D eigenvalue weighted by Gasteiger charge is 2.28. The fraction of sp³-hybridized carbons (Fsp3) is 0.304. The van der Waals surface area contributed by atoms with Crippen molar-refractivity contribution in [1.82, 2.24) is 14.1 Å². The number of sulfonamides is 1. The number of anilines is 1. The second kappa shape index (κ2) is 7.94. The van der Waals surface area contributed by atoms with E-state index in [0.717, 1.165) is 33.9 Å². The smallest absolute Gasteiger partial charge is 0.243 e. The van der Waals surface area contributed by atoms with Gasteiger partial charge >= 0.3 is 0 Å². The molecule has 1 aliphatic heterocycles. The molecule has 2 heterocycles. The molecule has 0 spiro atoms. The van der Waals surface area contributed by atoms with Crippen molar-refractivity contribution in [1.29, 1.82) is 0 Å². The van der Waals surface area contributed by atoms with Gasteiger partial charge in [0.25, 0.3) is 0 Å². The van der Waals surface area contributed by atoms with E-state index in [9.17, 15) is 13.2 Å². The normalized spacial score (nSPS) is 13.6. The summed E-state index contributed by atoms with van der Waals surface area (Å²) in [7, 11) is -2.11. The average molecular weight is 439 g/mol. The number of aryl methyl sites for hydroxylation is 1. The Morgan fingerprint density at radius 3 is 2.52 bits per heavy atom. The molecule has 1 aliphatic rings. The molecule has 0 saturated carbocycles. The number of carbonyl (C=O) groups is 1. The van der Waals surface area contributed by atoms with E-state index in [2.05, 4.69) is 5.10 Å². The van der Waals surface area contributed by atoms with Gasteiger partial charge in [0.2, 0.25) is 15.9 Å². The van der Waals surface area contributed by atoms with Crippen molar-refractivity contribution in [3.05, 3.63) is 71.0 Å². The molecule has 0 saturated heterocycles. The summed E-state index contributed by atoms with van der Waals surface area (Å²) < 4.78 is 29.7. The number of rotatable bonds is 5. The fourth-order valence-corrected chi connectivity index (χ4v) is 5.27. The number of nitrogens with zero attached hydrogens (tertiary/aromatic N) is 4. The number of hydrogen-bond acceptors (Lipinski definition) is 4. The number of para-hydroxylation sites is 1. The monoisotopic (exact) mass is 438 g/mol. The quantitative estimate of drug-likeness (QED) is 0.613. The number of hydrogen-bond donors (Lipinski definition) is 0. The molecule has 3 aromatic rings. The van der Waals surface area contributed by atoms with Gasteiger partial charge in [-0.1, -0.05) is 18.2 Å². The third kappa shape index (κ3) is 3.77. The Hall–Kier alpha value is -2.97. The summed E-state index contributed by atoms with van der Waals surface area (Å²) in [5.74, 6) is -0.0344. The topological polar surface area (TPSA) is 75.5 Å². The third-order valence-corrected chi connectivity index (χ3v) is 7.66. The first-order valence-electron chi connectivity index (χ1n) is 10.2. The summed E-state index contributed by atoms with van der Waals surface area (Å²) >= 11 is 0. The Kier molecular flexibility index (Phi) is 5.45. The van der Waals surface area contributed by atoms with E-state index in [0.29, 0.717) is 13.0 Å². The largest absolute Gasteiger partial charge is 0.312 e. The van der Waals surface area contributed by atoms with Gasteiger partial charge in [-0.2, -0.15) is 9.40 Å². The van der Waals surface area contributed by atoms with Crippen molar-refractivity contribution in [2.75, 3.05) is 18.5 Å². The lowest BCUT2D eigenvalue weighted by atomic mass is 10.2. The van der Waals surface area contributed by atoms with Gasteiger partial charge in [0, 0.05) is 44.0 Å². The van der Waals surface area contributed by atoms with E-state index in [1.165, 1.54) is 11.2 Å². The lowest BCUT2D eigenvalue weighted by Gasteiger charge is -2.19. The summed E-state index contributed by atoms with van der Waals surface area (Å²) in [6.07, 6.45) is 0.657. The summed E-state index contributed by atoms with van der Waals surface area (Å²) in [6.45, 7) is 6.18. The third-order valence-electron chi connectivity index (χ3n) is 5.86. The first kappa shape index (κ1) is 21.3. The van der Waals surface area contributed by atoms with Crippen LogP contribution in [0.2, 0.25) is 0 Å². The Balaban J connectivity index is 1.62. The SMILES string of the molecule is CC(=O)N1CCc2cc(S(=O)(=O)N(C)Cc3c(C)nn(-c4ccccc4)c3C)ccc21. The van der Waals surface area contributed by atoms with Crippen molar-refractivity contribution >= 4 is 21.6 Å². The second-order valence-electron chi connectivity index (χ2n) is 7.87. The second-order valence-corrected chi connectivity index (χ2v) is 9.91. The van der Waals surface area contributed by atoms with E-state index in [4.69, 9.17) is 0 Å². The van der Waals surface area contributed by atoms with Crippen LogP contribution in [0.5, 0.6) is 0 Å². The van der Waals surface area contributed by atoms with Crippen molar-refractivity contribution in [2.45, 2.75) is 38.6 Å². The number of benzene rings is 2. The van der Waals surface area contributed by atoms with Crippen LogP contribution in [-0.2, 0) is 27.8 Å². The van der Waals surface area contributed by atoms with E-state index in [1.54, 1.807) is 30.1 Å². The number of carbonyl (C=O) groups excluding carboxylic acids is 1. The van der Waals surface area contributed by atoms with Crippen molar-refractivity contribution in [3.63, 3.8) is 0 Å². The minimum atomic E-state index is -3.69. The molecular formula is C23H26N4O3S. The highest BCUT2D eigenvalue weighted by atomic mass is 32.2. The Morgan fingerprint density at radius 1 is 1.13 bits per heavy atom. The number of amides is 1.